The number of azide groups is 1. The molecule has 1 heterocycles. The average Bonchev–Trinajstić information content (AvgIpc) is 2.90. The van der Waals surface area contributed by atoms with Gasteiger partial charge in [0.15, 0.2) is 0 Å². The largest absolute Gasteiger partial charge is 0.468 e. The molecule has 206 valence electrons. The van der Waals surface area contributed by atoms with Gasteiger partial charge in [-0.2, -0.15) is 13.2 Å². The average molecular weight is 571 g/mol. The summed E-state index contributed by atoms with van der Waals surface area (Å²) in [6, 6.07) is 17.1. The Morgan fingerprint density at radius 1 is 1.03 bits per heavy atom. The van der Waals surface area contributed by atoms with E-state index in [2.05, 4.69) is 15.0 Å². The van der Waals surface area contributed by atoms with Crippen LogP contribution in [0, 0.1) is 11.8 Å². The second kappa shape index (κ2) is 15.2. The topological polar surface area (TPSA) is 98.0 Å². The molecule has 2 aromatic rings. The summed E-state index contributed by atoms with van der Waals surface area (Å²) < 4.78 is 65.2. The minimum atomic E-state index is -4.85. The number of hydrogen-bond donors (Lipinski definition) is 0. The molecule has 0 amide bonds. The normalized spacial score (nSPS) is 24.0. The van der Waals surface area contributed by atoms with Gasteiger partial charge in [0.1, 0.15) is 12.0 Å². The molecule has 2 aromatic carbocycles. The maximum Gasteiger partial charge on any atom is 0.468 e. The molecule has 0 radical (unpaired) electrons. The van der Waals surface area contributed by atoms with E-state index in [0.717, 1.165) is 5.56 Å². The highest BCUT2D eigenvalue weighted by Crippen LogP contribution is 2.36. The Morgan fingerprint density at radius 3 is 2.37 bits per heavy atom. The molecule has 0 aliphatic carbocycles. The van der Waals surface area contributed by atoms with Gasteiger partial charge in [-0.15, -0.1) is 0 Å². The summed E-state index contributed by atoms with van der Waals surface area (Å²) in [4.78, 5) is 6.40. The van der Waals surface area contributed by atoms with Gasteiger partial charge in [-0.3, -0.25) is 0 Å². The van der Waals surface area contributed by atoms with E-state index in [1.807, 2.05) is 44.2 Å². The van der Waals surface area contributed by atoms with Gasteiger partial charge in [0.2, 0.25) is 6.29 Å². The first kappa shape index (κ1) is 30.1. The molecule has 38 heavy (non-hydrogen) atoms. The van der Waals surface area contributed by atoms with Crippen molar-refractivity contribution in [2.24, 2.45) is 21.9 Å². The molecule has 1 aliphatic rings. The molecular weight excluding hydrogens is 541 g/mol. The van der Waals surface area contributed by atoms with Crippen LogP contribution in [-0.2, 0) is 25.6 Å². The van der Waals surface area contributed by atoms with Gasteiger partial charge in [-0.05, 0) is 35.1 Å². The molecule has 3 rings (SSSR count). The lowest BCUT2D eigenvalue weighted by Crippen LogP contribution is -2.54. The van der Waals surface area contributed by atoms with Crippen molar-refractivity contribution in [1.29, 1.82) is 0 Å². The number of ether oxygens (including phenoxy) is 4. The lowest BCUT2D eigenvalue weighted by Gasteiger charge is -2.44. The maximum atomic E-state index is 14.0. The van der Waals surface area contributed by atoms with Crippen LogP contribution in [-0.4, -0.2) is 49.0 Å². The fourth-order valence-electron chi connectivity index (χ4n) is 3.75. The van der Waals surface area contributed by atoms with Crippen molar-refractivity contribution in [3.05, 3.63) is 76.7 Å². The first-order chi connectivity index (χ1) is 18.3. The highest BCUT2D eigenvalue weighted by Gasteiger charge is 2.47. The van der Waals surface area contributed by atoms with Crippen LogP contribution in [0.15, 0.2) is 70.8 Å². The smallest absolute Gasteiger partial charge is 0.441 e. The standard InChI is InChI=1S/C25H29F3N4O4S2/c1-17-18(2)22(34-13-19-9-5-3-6-10-19)23(35-21(17)14-33-16-38-37-15-30-32-29)36-24(25(26,27)28)31-20-11-7-4-8-12-20/h3-12,17-18,21-23H,13-16H2,1-2H3/t17-,18-,21?,22?,23?/m0/s1. The van der Waals surface area contributed by atoms with Crippen molar-refractivity contribution < 1.29 is 32.1 Å². The zero-order valence-corrected chi connectivity index (χ0v) is 22.5. The van der Waals surface area contributed by atoms with Crippen molar-refractivity contribution >= 4 is 33.2 Å². The van der Waals surface area contributed by atoms with E-state index < -0.39 is 30.6 Å². The number of nitrogens with zero attached hydrogens (tertiary/aromatic N) is 4. The zero-order chi connectivity index (χ0) is 27.4. The first-order valence-corrected chi connectivity index (χ1v) is 14.3. The summed E-state index contributed by atoms with van der Waals surface area (Å²) >= 11 is 0. The number of halogens is 3. The quantitative estimate of drug-likeness (QED) is 0.0383. The zero-order valence-electron chi connectivity index (χ0n) is 20.9. The molecule has 0 bridgehead atoms. The Hall–Kier alpha value is -2.41. The number of para-hydroxylation sites is 1. The molecule has 1 saturated heterocycles. The molecule has 3 unspecified atom stereocenters. The predicted molar refractivity (Wildman–Crippen MR) is 143 cm³/mol. The van der Waals surface area contributed by atoms with Crippen LogP contribution >= 0.6 is 21.6 Å². The number of rotatable bonds is 12. The molecule has 0 aromatic heterocycles. The van der Waals surface area contributed by atoms with Crippen LogP contribution in [0.2, 0.25) is 0 Å². The van der Waals surface area contributed by atoms with Crippen molar-refractivity contribution in [3.63, 3.8) is 0 Å². The molecule has 0 spiro atoms. The summed E-state index contributed by atoms with van der Waals surface area (Å²) in [6.45, 7) is 4.17. The monoisotopic (exact) mass is 570 g/mol. The van der Waals surface area contributed by atoms with Crippen molar-refractivity contribution in [1.82, 2.24) is 0 Å². The molecule has 13 heteroatoms. The predicted octanol–water partition coefficient (Wildman–Crippen LogP) is 7.50. The lowest BCUT2D eigenvalue weighted by atomic mass is 9.83. The van der Waals surface area contributed by atoms with E-state index >= 15 is 0 Å². The van der Waals surface area contributed by atoms with Crippen LogP contribution in [0.5, 0.6) is 0 Å². The van der Waals surface area contributed by atoms with Crippen molar-refractivity contribution in [2.45, 2.75) is 45.1 Å². The number of hydrogen-bond acceptors (Lipinski definition) is 8. The Labute approximate surface area is 227 Å². The first-order valence-electron chi connectivity index (χ1n) is 11.8. The highest BCUT2D eigenvalue weighted by molar-refractivity contribution is 8.76. The van der Waals surface area contributed by atoms with Gasteiger partial charge < -0.3 is 18.9 Å². The Balaban J connectivity index is 1.76. The fraction of sp³-hybridized carbons (Fsp3) is 0.480. The van der Waals surface area contributed by atoms with Crippen LogP contribution in [0.1, 0.15) is 19.4 Å². The Kier molecular flexibility index (Phi) is 12.1. The third kappa shape index (κ3) is 9.40. The SMILES string of the molecule is C[C@@H]1C(COCSSCN=[N+]=[N-])OC(OC(=Nc2ccccc2)C(F)(F)F)C(OCc2ccccc2)[C@H]1C. The van der Waals surface area contributed by atoms with Gasteiger partial charge in [-0.1, -0.05) is 89.1 Å². The van der Waals surface area contributed by atoms with E-state index in [0.29, 0.717) is 0 Å². The third-order valence-corrected chi connectivity index (χ3v) is 7.68. The molecule has 8 nitrogen and oxygen atoms in total. The molecule has 0 N–H and O–H groups in total. The van der Waals surface area contributed by atoms with Crippen LogP contribution in [0.25, 0.3) is 10.4 Å². The molecule has 1 aliphatic heterocycles. The molecule has 0 saturated carbocycles. The van der Waals surface area contributed by atoms with E-state index in [9.17, 15) is 13.2 Å². The van der Waals surface area contributed by atoms with E-state index in [-0.39, 0.29) is 42.6 Å². The maximum absolute atomic E-state index is 14.0. The van der Waals surface area contributed by atoms with Gasteiger partial charge in [0.05, 0.1) is 30.9 Å². The number of benzene rings is 2. The third-order valence-electron chi connectivity index (χ3n) is 5.92. The molecule has 5 atom stereocenters. The van der Waals surface area contributed by atoms with E-state index in [1.54, 1.807) is 18.2 Å². The molecule has 1 fully saturated rings. The molecular formula is C25H29F3N4O4S2. The second-order valence-electron chi connectivity index (χ2n) is 8.47. The van der Waals surface area contributed by atoms with Crippen molar-refractivity contribution in [2.75, 3.05) is 18.4 Å². The van der Waals surface area contributed by atoms with Crippen LogP contribution in [0.3, 0.4) is 0 Å². The summed E-state index contributed by atoms with van der Waals surface area (Å²) in [5, 5.41) is 3.43. The van der Waals surface area contributed by atoms with Gasteiger partial charge in [-0.25, -0.2) is 4.99 Å². The van der Waals surface area contributed by atoms with Crippen molar-refractivity contribution in [3.8, 4) is 0 Å². The fourth-order valence-corrected chi connectivity index (χ4v) is 4.93. The highest BCUT2D eigenvalue weighted by atomic mass is 33.1. The van der Waals surface area contributed by atoms with E-state index in [1.165, 1.54) is 33.7 Å². The van der Waals surface area contributed by atoms with Gasteiger partial charge in [0, 0.05) is 4.91 Å². The summed E-state index contributed by atoms with van der Waals surface area (Å²) in [5.74, 6) is -1.18. The number of alkyl halides is 3. The summed E-state index contributed by atoms with van der Waals surface area (Å²) in [6.07, 6.45) is -7.55. The van der Waals surface area contributed by atoms with Gasteiger partial charge in [0.25, 0.3) is 5.90 Å². The number of aliphatic imine (C=N–C) groups is 1. The van der Waals surface area contributed by atoms with Gasteiger partial charge >= 0.3 is 6.18 Å². The van der Waals surface area contributed by atoms with Crippen LogP contribution in [0.4, 0.5) is 18.9 Å². The minimum absolute atomic E-state index is 0.100. The van der Waals surface area contributed by atoms with Crippen LogP contribution < -0.4 is 0 Å². The lowest BCUT2D eigenvalue weighted by molar-refractivity contribution is -0.270. The minimum Gasteiger partial charge on any atom is -0.441 e. The summed E-state index contributed by atoms with van der Waals surface area (Å²) in [7, 11) is 2.68. The van der Waals surface area contributed by atoms with E-state index in [4.69, 9.17) is 24.5 Å². The second-order valence-corrected chi connectivity index (χ2v) is 10.9. The Morgan fingerprint density at radius 2 is 1.71 bits per heavy atom. The summed E-state index contributed by atoms with van der Waals surface area (Å²) in [5.41, 5.74) is 9.31. The Bertz CT molecular complexity index is 1060.